The number of hydrogen-bond donors (Lipinski definition) is 1. The van der Waals surface area contributed by atoms with Crippen molar-refractivity contribution >= 4 is 17.6 Å². The van der Waals surface area contributed by atoms with Crippen LogP contribution in [0.1, 0.15) is 24.4 Å². The van der Waals surface area contributed by atoms with E-state index in [1.54, 1.807) is 30.3 Å². The third-order valence-electron chi connectivity index (χ3n) is 3.74. The number of nitrogen functional groups attached to an aromatic ring is 1. The Morgan fingerprint density at radius 1 is 1.25 bits per heavy atom. The molecule has 2 N–H and O–H groups in total. The first kappa shape index (κ1) is 17.5. The molecule has 0 saturated heterocycles. The summed E-state index contributed by atoms with van der Waals surface area (Å²) in [6.45, 7) is 3.68. The Bertz CT molecular complexity index is 722. The lowest BCUT2D eigenvalue weighted by Gasteiger charge is -2.27. The van der Waals surface area contributed by atoms with E-state index in [-0.39, 0.29) is 11.7 Å². The fourth-order valence-electron chi connectivity index (χ4n) is 2.46. The van der Waals surface area contributed by atoms with E-state index in [1.165, 1.54) is 19.1 Å². The van der Waals surface area contributed by atoms with Crippen LogP contribution in [0.5, 0.6) is 0 Å². The van der Waals surface area contributed by atoms with Crippen LogP contribution < -0.4 is 5.73 Å². The summed E-state index contributed by atoms with van der Waals surface area (Å²) in [7, 11) is 2.83. The second-order valence-corrected chi connectivity index (χ2v) is 5.83. The number of hydrogen-bond acceptors (Lipinski definition) is 6. The van der Waals surface area contributed by atoms with Crippen molar-refractivity contribution in [2.24, 2.45) is 5.92 Å². The molecule has 1 atom stereocenters. The van der Waals surface area contributed by atoms with Gasteiger partial charge in [-0.15, -0.1) is 0 Å². The third kappa shape index (κ3) is 3.56. The standard InChI is InChI=1S/C17H21N3O4/c1-10(2)15(17(22)23-4)20(3)16(21)14-9-13(19-24-14)11-5-7-12(18)8-6-11/h5-10,15H,18H2,1-4H3/t15-/m0/s1. The number of aromatic nitrogens is 1. The van der Waals surface area contributed by atoms with Crippen molar-refractivity contribution in [1.29, 1.82) is 0 Å². The van der Waals surface area contributed by atoms with Crippen LogP contribution in [-0.4, -0.2) is 42.1 Å². The number of ether oxygens (including phenoxy) is 1. The van der Waals surface area contributed by atoms with Gasteiger partial charge in [0.25, 0.3) is 5.91 Å². The van der Waals surface area contributed by atoms with Gasteiger partial charge in [0.1, 0.15) is 11.7 Å². The van der Waals surface area contributed by atoms with Crippen LogP contribution in [-0.2, 0) is 9.53 Å². The zero-order chi connectivity index (χ0) is 17.9. The summed E-state index contributed by atoms with van der Waals surface area (Å²) in [4.78, 5) is 25.8. The van der Waals surface area contributed by atoms with E-state index in [2.05, 4.69) is 5.16 Å². The van der Waals surface area contributed by atoms with Crippen molar-refractivity contribution in [1.82, 2.24) is 10.1 Å². The molecule has 0 aliphatic rings. The van der Waals surface area contributed by atoms with E-state index >= 15 is 0 Å². The molecular weight excluding hydrogens is 310 g/mol. The van der Waals surface area contributed by atoms with Gasteiger partial charge in [0.15, 0.2) is 0 Å². The number of esters is 1. The van der Waals surface area contributed by atoms with E-state index in [9.17, 15) is 9.59 Å². The summed E-state index contributed by atoms with van der Waals surface area (Å²) in [5, 5.41) is 3.91. The number of carbonyl (C=O) groups is 2. The van der Waals surface area contributed by atoms with Crippen LogP contribution >= 0.6 is 0 Å². The Labute approximate surface area is 140 Å². The molecule has 1 amide bonds. The fraction of sp³-hybridized carbons (Fsp3) is 0.353. The van der Waals surface area contributed by atoms with Crippen LogP contribution in [0.3, 0.4) is 0 Å². The largest absolute Gasteiger partial charge is 0.467 e. The highest BCUT2D eigenvalue weighted by Crippen LogP contribution is 2.22. The zero-order valence-electron chi connectivity index (χ0n) is 14.1. The highest BCUT2D eigenvalue weighted by Gasteiger charge is 2.32. The van der Waals surface area contributed by atoms with Crippen molar-refractivity contribution < 1.29 is 18.8 Å². The van der Waals surface area contributed by atoms with Gasteiger partial charge >= 0.3 is 5.97 Å². The summed E-state index contributed by atoms with van der Waals surface area (Å²) in [5.74, 6) is -0.961. The molecule has 1 heterocycles. The summed E-state index contributed by atoms with van der Waals surface area (Å²) in [6.07, 6.45) is 0. The first-order chi connectivity index (χ1) is 11.3. The van der Waals surface area contributed by atoms with E-state index in [0.29, 0.717) is 11.4 Å². The van der Waals surface area contributed by atoms with Crippen molar-refractivity contribution in [3.05, 3.63) is 36.1 Å². The molecule has 0 saturated carbocycles. The van der Waals surface area contributed by atoms with Crippen LogP contribution in [0, 0.1) is 5.92 Å². The minimum atomic E-state index is -0.701. The first-order valence-corrected chi connectivity index (χ1v) is 7.52. The number of likely N-dealkylation sites (N-methyl/N-ethyl adjacent to an activating group) is 1. The number of nitrogens with two attached hydrogens (primary N) is 1. The molecule has 1 aromatic heterocycles. The summed E-state index contributed by atoms with van der Waals surface area (Å²) in [5.41, 5.74) is 7.59. The van der Waals surface area contributed by atoms with Crippen LogP contribution in [0.15, 0.2) is 34.9 Å². The van der Waals surface area contributed by atoms with Gasteiger partial charge < -0.3 is 19.9 Å². The van der Waals surface area contributed by atoms with Crippen LogP contribution in [0.2, 0.25) is 0 Å². The molecule has 7 nitrogen and oxygen atoms in total. The molecule has 0 radical (unpaired) electrons. The average molecular weight is 331 g/mol. The van der Waals surface area contributed by atoms with E-state index in [1.807, 2.05) is 13.8 Å². The monoisotopic (exact) mass is 331 g/mol. The first-order valence-electron chi connectivity index (χ1n) is 7.52. The van der Waals surface area contributed by atoms with Crippen molar-refractivity contribution in [3.8, 4) is 11.3 Å². The van der Waals surface area contributed by atoms with E-state index in [0.717, 1.165) is 5.56 Å². The fourth-order valence-corrected chi connectivity index (χ4v) is 2.46. The normalized spacial score (nSPS) is 12.0. The summed E-state index contributed by atoms with van der Waals surface area (Å²) >= 11 is 0. The number of methoxy groups -OCH3 is 1. The molecule has 0 unspecified atom stereocenters. The van der Waals surface area contributed by atoms with E-state index < -0.39 is 17.9 Å². The summed E-state index contributed by atoms with van der Waals surface area (Å²) < 4.78 is 9.93. The number of nitrogens with zero attached hydrogens (tertiary/aromatic N) is 2. The number of carbonyl (C=O) groups excluding carboxylic acids is 2. The lowest BCUT2D eigenvalue weighted by Crippen LogP contribution is -2.46. The van der Waals surface area contributed by atoms with Gasteiger partial charge in [-0.3, -0.25) is 4.79 Å². The molecule has 0 fully saturated rings. The van der Waals surface area contributed by atoms with Gasteiger partial charge in [-0.25, -0.2) is 4.79 Å². The maximum atomic E-state index is 12.6. The molecule has 0 aliphatic carbocycles. The predicted octanol–water partition coefficient (Wildman–Crippen LogP) is 2.19. The minimum Gasteiger partial charge on any atom is -0.467 e. The molecule has 2 rings (SSSR count). The Kier molecular flexibility index (Phi) is 5.23. The van der Waals surface area contributed by atoms with Crippen molar-refractivity contribution in [3.63, 3.8) is 0 Å². The minimum absolute atomic E-state index is 0.0545. The average Bonchev–Trinajstić information content (AvgIpc) is 3.04. The van der Waals surface area contributed by atoms with Gasteiger partial charge in [0, 0.05) is 24.4 Å². The summed E-state index contributed by atoms with van der Waals surface area (Å²) in [6, 6.07) is 7.90. The van der Waals surface area contributed by atoms with Crippen molar-refractivity contribution in [2.45, 2.75) is 19.9 Å². The molecular formula is C17H21N3O4. The Morgan fingerprint density at radius 2 is 1.88 bits per heavy atom. The molecule has 0 bridgehead atoms. The highest BCUT2D eigenvalue weighted by atomic mass is 16.5. The van der Waals surface area contributed by atoms with E-state index in [4.69, 9.17) is 15.0 Å². The predicted molar refractivity (Wildman–Crippen MR) is 89.1 cm³/mol. The van der Waals surface area contributed by atoms with Gasteiger partial charge in [0.2, 0.25) is 5.76 Å². The molecule has 0 aliphatic heterocycles. The molecule has 128 valence electrons. The number of rotatable bonds is 5. The molecule has 2 aromatic rings. The number of benzene rings is 1. The van der Waals surface area contributed by atoms with Gasteiger partial charge in [-0.05, 0) is 18.1 Å². The Morgan fingerprint density at radius 3 is 2.42 bits per heavy atom. The second-order valence-electron chi connectivity index (χ2n) is 5.83. The SMILES string of the molecule is COC(=O)[C@H](C(C)C)N(C)C(=O)c1cc(-c2ccc(N)cc2)no1. The zero-order valence-corrected chi connectivity index (χ0v) is 14.1. The molecule has 24 heavy (non-hydrogen) atoms. The number of amides is 1. The lowest BCUT2D eigenvalue weighted by atomic mass is 10.0. The lowest BCUT2D eigenvalue weighted by molar-refractivity contribution is -0.147. The quantitative estimate of drug-likeness (QED) is 0.666. The Balaban J connectivity index is 2.23. The Hall–Kier alpha value is -2.83. The highest BCUT2D eigenvalue weighted by molar-refractivity contribution is 5.95. The number of anilines is 1. The maximum Gasteiger partial charge on any atom is 0.328 e. The molecule has 1 aromatic carbocycles. The maximum absolute atomic E-state index is 12.6. The smallest absolute Gasteiger partial charge is 0.328 e. The third-order valence-corrected chi connectivity index (χ3v) is 3.74. The van der Waals surface area contributed by atoms with Gasteiger partial charge in [0.05, 0.1) is 7.11 Å². The topological polar surface area (TPSA) is 98.7 Å². The van der Waals surface area contributed by atoms with Gasteiger partial charge in [-0.1, -0.05) is 31.1 Å². The van der Waals surface area contributed by atoms with Gasteiger partial charge in [-0.2, -0.15) is 0 Å². The van der Waals surface area contributed by atoms with Crippen LogP contribution in [0.25, 0.3) is 11.3 Å². The van der Waals surface area contributed by atoms with Crippen LogP contribution in [0.4, 0.5) is 5.69 Å². The second kappa shape index (κ2) is 7.16. The molecule has 7 heteroatoms. The van der Waals surface area contributed by atoms with Crippen molar-refractivity contribution in [2.75, 3.05) is 19.9 Å². The molecule has 0 spiro atoms.